The fourth-order valence-electron chi connectivity index (χ4n) is 3.85. The number of carbonyl (C=O) groups is 2. The molecule has 9 nitrogen and oxygen atoms in total. The Morgan fingerprint density at radius 3 is 2.81 bits per heavy atom. The first-order chi connectivity index (χ1) is 15.1. The third kappa shape index (κ3) is 5.46. The molecule has 2 aromatic rings. The van der Waals surface area contributed by atoms with Crippen molar-refractivity contribution in [1.82, 2.24) is 20.6 Å². The van der Waals surface area contributed by atoms with E-state index >= 15 is 0 Å². The molecule has 10 heteroatoms. The number of aromatic nitrogens is 2. The Kier molecular flexibility index (Phi) is 7.20. The minimum Gasteiger partial charge on any atom is -0.446 e. The zero-order valence-corrected chi connectivity index (χ0v) is 19.1. The fourth-order valence-corrected chi connectivity index (χ4v) is 4.05. The first-order valence-electron chi connectivity index (χ1n) is 10.4. The molecule has 1 aromatic carbocycles. The lowest BCUT2D eigenvalue weighted by atomic mass is 9.92. The van der Waals surface area contributed by atoms with Gasteiger partial charge in [0.1, 0.15) is 6.10 Å². The minimum atomic E-state index is -0.409. The van der Waals surface area contributed by atoms with Gasteiger partial charge in [0, 0.05) is 24.6 Å². The Labute approximate surface area is 191 Å². The van der Waals surface area contributed by atoms with Gasteiger partial charge in [-0.2, -0.15) is 0 Å². The number of alkyl carbamates (subject to hydrolysis) is 1. The van der Waals surface area contributed by atoms with E-state index in [2.05, 4.69) is 20.6 Å². The quantitative estimate of drug-likeness (QED) is 0.538. The standard InChI is InChI=1S/C14H13ClN4O.C8H15NO3/c1-14(2)9-5-7(3-4-8(9)12(20)19-14)11-10(15)6-17-13(16)18-11;1-9-8(11)12-7-4-2-3-6(10)5-7/h3-6H,1-2H3,(H,19,20)(H2,16,17,18);6-7,10H,2-5H2,1H3,(H,9,11). The Morgan fingerprint density at radius 2 is 2.12 bits per heavy atom. The Bertz CT molecular complexity index is 1010. The topological polar surface area (TPSA) is 139 Å². The van der Waals surface area contributed by atoms with Gasteiger partial charge in [0.25, 0.3) is 5.91 Å². The number of aliphatic hydroxyl groups excluding tert-OH is 1. The van der Waals surface area contributed by atoms with Crippen LogP contribution in [0.15, 0.2) is 24.4 Å². The molecule has 0 bridgehead atoms. The Balaban J connectivity index is 0.000000207. The van der Waals surface area contributed by atoms with E-state index < -0.39 is 11.6 Å². The molecule has 0 spiro atoms. The lowest BCUT2D eigenvalue weighted by Gasteiger charge is -2.25. The van der Waals surface area contributed by atoms with Crippen LogP contribution in [-0.4, -0.2) is 46.3 Å². The van der Waals surface area contributed by atoms with E-state index in [-0.39, 0.29) is 24.1 Å². The van der Waals surface area contributed by atoms with Crippen molar-refractivity contribution in [3.05, 3.63) is 40.5 Å². The van der Waals surface area contributed by atoms with E-state index in [0.717, 1.165) is 30.4 Å². The van der Waals surface area contributed by atoms with E-state index in [1.54, 1.807) is 6.07 Å². The van der Waals surface area contributed by atoms with Crippen LogP contribution in [0.4, 0.5) is 10.7 Å². The zero-order valence-electron chi connectivity index (χ0n) is 18.3. The number of nitrogen functional groups attached to an aromatic ring is 1. The van der Waals surface area contributed by atoms with Crippen molar-refractivity contribution in [2.75, 3.05) is 12.8 Å². The number of benzene rings is 1. The summed E-state index contributed by atoms with van der Waals surface area (Å²) >= 11 is 6.12. The van der Waals surface area contributed by atoms with Crippen molar-refractivity contribution in [1.29, 1.82) is 0 Å². The van der Waals surface area contributed by atoms with E-state index in [1.165, 1.54) is 13.2 Å². The number of ether oxygens (including phenoxy) is 1. The first-order valence-corrected chi connectivity index (χ1v) is 10.8. The number of aliphatic hydroxyl groups is 1. The van der Waals surface area contributed by atoms with Gasteiger partial charge in [-0.15, -0.1) is 0 Å². The third-order valence-electron chi connectivity index (χ3n) is 5.48. The highest BCUT2D eigenvalue weighted by molar-refractivity contribution is 6.32. The molecule has 1 fully saturated rings. The highest BCUT2D eigenvalue weighted by atomic mass is 35.5. The number of nitrogens with zero attached hydrogens (tertiary/aromatic N) is 2. The second-order valence-electron chi connectivity index (χ2n) is 8.36. The number of anilines is 1. The Hall–Kier alpha value is -2.91. The monoisotopic (exact) mass is 461 g/mol. The van der Waals surface area contributed by atoms with Crippen LogP contribution in [0, 0.1) is 0 Å². The number of halogens is 1. The van der Waals surface area contributed by atoms with E-state index in [4.69, 9.17) is 22.1 Å². The summed E-state index contributed by atoms with van der Waals surface area (Å²) < 4.78 is 5.00. The molecule has 2 atom stereocenters. The molecular weight excluding hydrogens is 434 g/mol. The van der Waals surface area contributed by atoms with Gasteiger partial charge in [-0.3, -0.25) is 4.79 Å². The minimum absolute atomic E-state index is 0.0650. The maximum Gasteiger partial charge on any atom is 0.407 e. The third-order valence-corrected chi connectivity index (χ3v) is 5.75. The summed E-state index contributed by atoms with van der Waals surface area (Å²) in [6.07, 6.45) is 3.87. The van der Waals surface area contributed by atoms with Crippen LogP contribution >= 0.6 is 11.6 Å². The van der Waals surface area contributed by atoms with Gasteiger partial charge in [0.2, 0.25) is 5.95 Å². The number of hydrogen-bond donors (Lipinski definition) is 4. The largest absolute Gasteiger partial charge is 0.446 e. The molecule has 0 radical (unpaired) electrons. The van der Waals surface area contributed by atoms with Crippen LogP contribution < -0.4 is 16.4 Å². The lowest BCUT2D eigenvalue weighted by Crippen LogP contribution is -2.32. The van der Waals surface area contributed by atoms with Crippen LogP contribution in [0.3, 0.4) is 0 Å². The van der Waals surface area contributed by atoms with Gasteiger partial charge >= 0.3 is 6.09 Å². The maximum absolute atomic E-state index is 11.9. The molecule has 2 unspecified atom stereocenters. The second-order valence-corrected chi connectivity index (χ2v) is 8.77. The molecule has 2 amide bonds. The molecule has 0 saturated heterocycles. The molecule has 1 saturated carbocycles. The van der Waals surface area contributed by atoms with Crippen molar-refractivity contribution in [2.24, 2.45) is 0 Å². The number of fused-ring (bicyclic) bond motifs is 1. The summed E-state index contributed by atoms with van der Waals surface area (Å²) in [5.74, 6) is 0.100. The predicted molar refractivity (Wildman–Crippen MR) is 121 cm³/mol. The molecule has 4 rings (SSSR count). The van der Waals surface area contributed by atoms with E-state index in [1.807, 2.05) is 26.0 Å². The summed E-state index contributed by atoms with van der Waals surface area (Å²) in [4.78, 5) is 30.6. The molecule has 5 N–H and O–H groups in total. The van der Waals surface area contributed by atoms with Gasteiger partial charge in [-0.25, -0.2) is 14.8 Å². The number of rotatable bonds is 2. The number of nitrogens with one attached hydrogen (secondary N) is 2. The Morgan fingerprint density at radius 1 is 1.38 bits per heavy atom. The molecule has 1 aliphatic heterocycles. The molecule has 2 aliphatic rings. The average molecular weight is 462 g/mol. The highest BCUT2D eigenvalue weighted by Gasteiger charge is 2.35. The SMILES string of the molecule is CC1(C)NC(=O)c2ccc(-c3nc(N)ncc3Cl)cc21.CNC(=O)OC1CCCC(O)C1. The van der Waals surface area contributed by atoms with Gasteiger partial charge < -0.3 is 26.2 Å². The lowest BCUT2D eigenvalue weighted by molar-refractivity contribution is 0.0237. The predicted octanol–water partition coefficient (Wildman–Crippen LogP) is 3.00. The van der Waals surface area contributed by atoms with Crippen LogP contribution in [0.25, 0.3) is 11.3 Å². The molecular formula is C22H28ClN5O4. The molecule has 1 aliphatic carbocycles. The zero-order chi connectivity index (χ0) is 23.5. The number of hydrogen-bond acceptors (Lipinski definition) is 7. The fraction of sp³-hybridized carbons (Fsp3) is 0.455. The van der Waals surface area contributed by atoms with Gasteiger partial charge in [0.15, 0.2) is 0 Å². The van der Waals surface area contributed by atoms with E-state index in [0.29, 0.717) is 22.7 Å². The highest BCUT2D eigenvalue weighted by Crippen LogP contribution is 2.35. The molecule has 2 heterocycles. The van der Waals surface area contributed by atoms with Gasteiger partial charge in [-0.05, 0) is 50.8 Å². The van der Waals surface area contributed by atoms with Crippen LogP contribution in [-0.2, 0) is 10.3 Å². The summed E-state index contributed by atoms with van der Waals surface area (Å²) in [5, 5.41) is 15.0. The van der Waals surface area contributed by atoms with Crippen LogP contribution in [0.1, 0.15) is 55.5 Å². The number of nitrogens with two attached hydrogens (primary N) is 1. The van der Waals surface area contributed by atoms with Crippen molar-refractivity contribution in [3.63, 3.8) is 0 Å². The van der Waals surface area contributed by atoms with Gasteiger partial charge in [0.05, 0.1) is 28.6 Å². The van der Waals surface area contributed by atoms with E-state index in [9.17, 15) is 14.7 Å². The van der Waals surface area contributed by atoms with Crippen LogP contribution in [0.2, 0.25) is 5.02 Å². The average Bonchev–Trinajstić information content (AvgIpc) is 2.98. The van der Waals surface area contributed by atoms with Crippen molar-refractivity contribution in [2.45, 2.75) is 57.3 Å². The smallest absolute Gasteiger partial charge is 0.407 e. The number of carbonyl (C=O) groups excluding carboxylic acids is 2. The maximum atomic E-state index is 11.9. The molecule has 172 valence electrons. The summed E-state index contributed by atoms with van der Waals surface area (Å²) in [6.45, 7) is 3.91. The van der Waals surface area contributed by atoms with Gasteiger partial charge in [-0.1, -0.05) is 17.7 Å². The van der Waals surface area contributed by atoms with Crippen molar-refractivity contribution < 1.29 is 19.4 Å². The molecule has 1 aromatic heterocycles. The summed E-state index contributed by atoms with van der Waals surface area (Å²) in [7, 11) is 1.53. The van der Waals surface area contributed by atoms with Crippen molar-refractivity contribution in [3.8, 4) is 11.3 Å². The number of amides is 2. The van der Waals surface area contributed by atoms with Crippen LogP contribution in [0.5, 0.6) is 0 Å². The molecule has 32 heavy (non-hydrogen) atoms. The summed E-state index contributed by atoms with van der Waals surface area (Å²) in [6, 6.07) is 5.51. The van der Waals surface area contributed by atoms with Crippen molar-refractivity contribution >= 4 is 29.5 Å². The summed E-state index contributed by atoms with van der Waals surface area (Å²) in [5.41, 5.74) is 8.18. The normalized spacial score (nSPS) is 21.0. The first kappa shape index (κ1) is 23.7. The second kappa shape index (κ2) is 9.70.